The SMILES string of the molecule is CNC(C)CCc1c(O)ccc2c1nc(CC(C(=O)O)c1ccc(C)cc1)n2C1COCC(F)(F)C1. The second-order valence-corrected chi connectivity index (χ2v) is 9.79. The van der Waals surface area contributed by atoms with Crippen molar-refractivity contribution in [1.29, 1.82) is 0 Å². The zero-order chi connectivity index (χ0) is 26.0. The maximum Gasteiger partial charge on any atom is 0.311 e. The number of carboxylic acid groups (broad SMARTS) is 1. The molecular formula is C27H33F2N3O4. The number of ether oxygens (including phenoxy) is 1. The Balaban J connectivity index is 1.83. The smallest absolute Gasteiger partial charge is 0.311 e. The summed E-state index contributed by atoms with van der Waals surface area (Å²) >= 11 is 0. The summed E-state index contributed by atoms with van der Waals surface area (Å²) in [6.07, 6.45) is 0.847. The molecule has 0 bridgehead atoms. The van der Waals surface area contributed by atoms with Gasteiger partial charge < -0.3 is 24.8 Å². The average Bonchev–Trinajstić information content (AvgIpc) is 3.19. The summed E-state index contributed by atoms with van der Waals surface area (Å²) < 4.78 is 35.7. The monoisotopic (exact) mass is 501 g/mol. The largest absolute Gasteiger partial charge is 0.508 e. The van der Waals surface area contributed by atoms with Gasteiger partial charge in [-0.25, -0.2) is 13.8 Å². The highest BCUT2D eigenvalue weighted by Crippen LogP contribution is 2.38. The lowest BCUT2D eigenvalue weighted by Crippen LogP contribution is -2.37. The van der Waals surface area contributed by atoms with E-state index in [9.17, 15) is 23.8 Å². The highest BCUT2D eigenvalue weighted by molar-refractivity contribution is 5.83. The van der Waals surface area contributed by atoms with Crippen molar-refractivity contribution in [1.82, 2.24) is 14.9 Å². The first-order chi connectivity index (χ1) is 17.1. The summed E-state index contributed by atoms with van der Waals surface area (Å²) in [4.78, 5) is 17.1. The van der Waals surface area contributed by atoms with Crippen LogP contribution in [0.1, 0.15) is 54.2 Å². The van der Waals surface area contributed by atoms with Gasteiger partial charge in [0.2, 0.25) is 0 Å². The number of phenols is 1. The zero-order valence-corrected chi connectivity index (χ0v) is 20.8. The molecule has 9 heteroatoms. The molecule has 3 unspecified atom stereocenters. The van der Waals surface area contributed by atoms with Gasteiger partial charge in [-0.05, 0) is 51.4 Å². The molecule has 4 rings (SSSR count). The number of aromatic nitrogens is 2. The fraction of sp³-hybridized carbons (Fsp3) is 0.481. The lowest BCUT2D eigenvalue weighted by molar-refractivity contribution is -0.139. The molecule has 1 fully saturated rings. The number of nitrogens with one attached hydrogen (secondary N) is 1. The van der Waals surface area contributed by atoms with Crippen molar-refractivity contribution in [3.63, 3.8) is 0 Å². The number of nitrogens with zero attached hydrogens (tertiary/aromatic N) is 2. The van der Waals surface area contributed by atoms with Gasteiger partial charge in [-0.15, -0.1) is 0 Å². The van der Waals surface area contributed by atoms with Gasteiger partial charge in [0, 0.05) is 24.4 Å². The van der Waals surface area contributed by atoms with Gasteiger partial charge in [0.25, 0.3) is 5.92 Å². The number of carbonyl (C=O) groups is 1. The molecule has 1 aromatic heterocycles. The first-order valence-corrected chi connectivity index (χ1v) is 12.2. The molecule has 36 heavy (non-hydrogen) atoms. The summed E-state index contributed by atoms with van der Waals surface area (Å²) in [6, 6.07) is 9.95. The molecule has 3 aromatic rings. The number of imidazole rings is 1. The van der Waals surface area contributed by atoms with E-state index in [4.69, 9.17) is 9.72 Å². The van der Waals surface area contributed by atoms with E-state index in [1.54, 1.807) is 28.8 Å². The molecule has 2 aromatic carbocycles. The van der Waals surface area contributed by atoms with Gasteiger partial charge in [-0.1, -0.05) is 29.8 Å². The van der Waals surface area contributed by atoms with Gasteiger partial charge in [0.15, 0.2) is 0 Å². The summed E-state index contributed by atoms with van der Waals surface area (Å²) in [5.41, 5.74) is 3.35. The van der Waals surface area contributed by atoms with E-state index >= 15 is 0 Å². The number of hydrogen-bond acceptors (Lipinski definition) is 5. The van der Waals surface area contributed by atoms with Crippen LogP contribution in [0, 0.1) is 6.92 Å². The molecule has 3 N–H and O–H groups in total. The number of aromatic hydroxyl groups is 1. The minimum absolute atomic E-state index is 0.0161. The Bertz CT molecular complexity index is 1230. The number of hydrogen-bond donors (Lipinski definition) is 3. The van der Waals surface area contributed by atoms with Crippen molar-refractivity contribution < 1.29 is 28.5 Å². The third kappa shape index (κ3) is 5.52. The topological polar surface area (TPSA) is 96.6 Å². The minimum atomic E-state index is -3.00. The third-order valence-corrected chi connectivity index (χ3v) is 7.02. The van der Waals surface area contributed by atoms with E-state index in [1.165, 1.54) is 0 Å². The predicted molar refractivity (Wildman–Crippen MR) is 133 cm³/mol. The Labute approximate surface area is 209 Å². The molecule has 0 amide bonds. The fourth-order valence-electron chi connectivity index (χ4n) is 4.86. The van der Waals surface area contributed by atoms with E-state index in [0.717, 1.165) is 12.0 Å². The number of rotatable bonds is 9. The number of halogens is 2. The summed E-state index contributed by atoms with van der Waals surface area (Å²) in [6.45, 7) is 3.39. The molecule has 1 aliphatic heterocycles. The summed E-state index contributed by atoms with van der Waals surface area (Å²) in [7, 11) is 1.86. The van der Waals surface area contributed by atoms with Crippen LogP contribution in [0.4, 0.5) is 8.78 Å². The molecule has 194 valence electrons. The minimum Gasteiger partial charge on any atom is -0.508 e. The van der Waals surface area contributed by atoms with Gasteiger partial charge in [-0.2, -0.15) is 0 Å². The van der Waals surface area contributed by atoms with E-state index in [1.807, 2.05) is 33.0 Å². The number of fused-ring (bicyclic) bond motifs is 1. The molecule has 1 saturated heterocycles. The maximum absolute atomic E-state index is 14.4. The highest BCUT2D eigenvalue weighted by Gasteiger charge is 2.40. The third-order valence-electron chi connectivity index (χ3n) is 7.02. The van der Waals surface area contributed by atoms with Crippen LogP contribution in [0.3, 0.4) is 0 Å². The lowest BCUT2D eigenvalue weighted by atomic mass is 9.94. The van der Waals surface area contributed by atoms with Crippen LogP contribution in [0.5, 0.6) is 5.75 Å². The van der Waals surface area contributed by atoms with Crippen molar-refractivity contribution in [3.8, 4) is 5.75 Å². The quantitative estimate of drug-likeness (QED) is 0.397. The van der Waals surface area contributed by atoms with Crippen LogP contribution < -0.4 is 5.32 Å². The second-order valence-electron chi connectivity index (χ2n) is 9.79. The fourth-order valence-corrected chi connectivity index (χ4v) is 4.86. The Kier molecular flexibility index (Phi) is 7.61. The number of aliphatic carboxylic acids is 1. The zero-order valence-electron chi connectivity index (χ0n) is 20.8. The summed E-state index contributed by atoms with van der Waals surface area (Å²) in [5, 5.41) is 23.9. The van der Waals surface area contributed by atoms with Crippen molar-refractivity contribution in [3.05, 3.63) is 58.9 Å². The van der Waals surface area contributed by atoms with E-state index in [2.05, 4.69) is 5.32 Å². The van der Waals surface area contributed by atoms with Crippen molar-refractivity contribution in [2.24, 2.45) is 0 Å². The molecule has 0 saturated carbocycles. The maximum atomic E-state index is 14.4. The number of benzene rings is 2. The van der Waals surface area contributed by atoms with Gasteiger partial charge in [-0.3, -0.25) is 4.79 Å². The molecule has 7 nitrogen and oxygen atoms in total. The van der Waals surface area contributed by atoms with Crippen molar-refractivity contribution in [2.45, 2.75) is 63.5 Å². The predicted octanol–water partition coefficient (Wildman–Crippen LogP) is 4.60. The Morgan fingerprint density at radius 2 is 2.00 bits per heavy atom. The normalized spacial score (nSPS) is 19.3. The molecular weight excluding hydrogens is 468 g/mol. The van der Waals surface area contributed by atoms with Gasteiger partial charge in [0.1, 0.15) is 18.2 Å². The van der Waals surface area contributed by atoms with Crippen LogP contribution in [0.15, 0.2) is 36.4 Å². The van der Waals surface area contributed by atoms with Gasteiger partial charge in [0.05, 0.1) is 29.6 Å². The summed E-state index contributed by atoms with van der Waals surface area (Å²) in [5.74, 6) is -4.46. The van der Waals surface area contributed by atoms with Crippen molar-refractivity contribution >= 4 is 17.0 Å². The Morgan fingerprint density at radius 1 is 1.28 bits per heavy atom. The molecule has 0 radical (unpaired) electrons. The average molecular weight is 502 g/mol. The van der Waals surface area contributed by atoms with Crippen molar-refractivity contribution in [2.75, 3.05) is 20.3 Å². The number of aryl methyl sites for hydroxylation is 2. The Hall–Kier alpha value is -3.04. The van der Waals surface area contributed by atoms with Crippen LogP contribution in [-0.2, 0) is 22.4 Å². The lowest BCUT2D eigenvalue weighted by Gasteiger charge is -2.31. The first-order valence-electron chi connectivity index (χ1n) is 12.2. The molecule has 2 heterocycles. The number of phenolic OH excluding ortho intramolecular Hbond substituents is 1. The molecule has 0 aliphatic carbocycles. The number of alkyl halides is 2. The van der Waals surface area contributed by atoms with Crippen LogP contribution >= 0.6 is 0 Å². The van der Waals surface area contributed by atoms with Crippen LogP contribution in [0.2, 0.25) is 0 Å². The molecule has 3 atom stereocenters. The van der Waals surface area contributed by atoms with Crippen LogP contribution in [0.25, 0.3) is 11.0 Å². The number of carboxylic acids is 1. The first kappa shape index (κ1) is 26.0. The highest BCUT2D eigenvalue weighted by atomic mass is 19.3. The molecule has 1 aliphatic rings. The van der Waals surface area contributed by atoms with E-state index < -0.39 is 36.9 Å². The second kappa shape index (κ2) is 10.5. The van der Waals surface area contributed by atoms with Gasteiger partial charge >= 0.3 is 5.97 Å². The Morgan fingerprint density at radius 3 is 2.64 bits per heavy atom. The van der Waals surface area contributed by atoms with Crippen LogP contribution in [-0.4, -0.2) is 58.0 Å². The molecule has 0 spiro atoms. The van der Waals surface area contributed by atoms with E-state index in [0.29, 0.717) is 34.4 Å². The van der Waals surface area contributed by atoms with E-state index in [-0.39, 0.29) is 24.8 Å². The standard InChI is InChI=1S/C27H33F2N3O4/c1-16-4-7-18(8-5-16)21(26(34)35)12-24-31-25-20(9-6-17(2)30-3)23(33)11-10-22(25)32(24)19-13-27(28,29)15-36-14-19/h4-5,7-8,10-11,17,19,21,30,33H,6,9,12-15H2,1-3H3,(H,34,35).